The Morgan fingerprint density at radius 2 is 1.96 bits per heavy atom. The number of carbonyl (C=O) groups is 1. The SMILES string of the molecule is CN(C)CCc1ccc(NC(=O)C2CC2c2cccc(Br)c2)cc1. The molecular formula is C20H23BrN2O. The summed E-state index contributed by atoms with van der Waals surface area (Å²) >= 11 is 3.49. The molecule has 0 radical (unpaired) electrons. The number of nitrogens with one attached hydrogen (secondary N) is 1. The largest absolute Gasteiger partial charge is 0.326 e. The normalized spacial score (nSPS) is 19.3. The van der Waals surface area contributed by atoms with Crippen LogP contribution in [0, 0.1) is 5.92 Å². The fourth-order valence-corrected chi connectivity index (χ4v) is 3.35. The number of anilines is 1. The van der Waals surface area contributed by atoms with Crippen molar-refractivity contribution in [3.63, 3.8) is 0 Å². The zero-order chi connectivity index (χ0) is 17.1. The molecule has 0 aliphatic heterocycles. The van der Waals surface area contributed by atoms with Crippen LogP contribution in [-0.2, 0) is 11.2 Å². The summed E-state index contributed by atoms with van der Waals surface area (Å²) in [6.07, 6.45) is 1.96. The van der Waals surface area contributed by atoms with Gasteiger partial charge in [0, 0.05) is 22.6 Å². The number of hydrogen-bond acceptors (Lipinski definition) is 2. The van der Waals surface area contributed by atoms with Crippen LogP contribution in [-0.4, -0.2) is 31.4 Å². The Morgan fingerprint density at radius 3 is 2.62 bits per heavy atom. The fraction of sp³-hybridized carbons (Fsp3) is 0.350. The second-order valence-corrected chi connectivity index (χ2v) is 7.66. The first-order valence-corrected chi connectivity index (χ1v) is 9.12. The summed E-state index contributed by atoms with van der Waals surface area (Å²) in [6.45, 7) is 1.03. The zero-order valence-electron chi connectivity index (χ0n) is 14.1. The fourth-order valence-electron chi connectivity index (χ4n) is 2.93. The predicted octanol–water partition coefficient (Wildman–Crippen LogP) is 4.30. The van der Waals surface area contributed by atoms with E-state index in [4.69, 9.17) is 0 Å². The summed E-state index contributed by atoms with van der Waals surface area (Å²) < 4.78 is 1.07. The van der Waals surface area contributed by atoms with Gasteiger partial charge in [-0.2, -0.15) is 0 Å². The minimum atomic E-state index is 0.0905. The van der Waals surface area contributed by atoms with Crippen molar-refractivity contribution < 1.29 is 4.79 Å². The van der Waals surface area contributed by atoms with Crippen molar-refractivity contribution in [1.29, 1.82) is 0 Å². The first kappa shape index (κ1) is 17.2. The maximum Gasteiger partial charge on any atom is 0.228 e. The third-order valence-corrected chi connectivity index (χ3v) is 4.97. The monoisotopic (exact) mass is 386 g/mol. The molecule has 0 saturated heterocycles. The maximum absolute atomic E-state index is 12.4. The lowest BCUT2D eigenvalue weighted by molar-refractivity contribution is -0.117. The van der Waals surface area contributed by atoms with Gasteiger partial charge in [0.05, 0.1) is 0 Å². The van der Waals surface area contributed by atoms with Crippen LogP contribution < -0.4 is 5.32 Å². The highest BCUT2D eigenvalue weighted by Gasteiger charge is 2.43. The van der Waals surface area contributed by atoms with Crippen molar-refractivity contribution in [3.8, 4) is 0 Å². The highest BCUT2D eigenvalue weighted by molar-refractivity contribution is 9.10. The highest BCUT2D eigenvalue weighted by atomic mass is 79.9. The lowest BCUT2D eigenvalue weighted by atomic mass is 10.1. The zero-order valence-corrected chi connectivity index (χ0v) is 15.7. The van der Waals surface area contributed by atoms with Crippen LogP contribution >= 0.6 is 15.9 Å². The average molecular weight is 387 g/mol. The van der Waals surface area contributed by atoms with Gasteiger partial charge in [-0.25, -0.2) is 0 Å². The van der Waals surface area contributed by atoms with E-state index in [0.29, 0.717) is 5.92 Å². The molecule has 24 heavy (non-hydrogen) atoms. The molecule has 0 aromatic heterocycles. The summed E-state index contributed by atoms with van der Waals surface area (Å²) in [4.78, 5) is 14.6. The summed E-state index contributed by atoms with van der Waals surface area (Å²) in [7, 11) is 4.15. The highest BCUT2D eigenvalue weighted by Crippen LogP contribution is 2.48. The van der Waals surface area contributed by atoms with Gasteiger partial charge in [-0.15, -0.1) is 0 Å². The Balaban J connectivity index is 1.54. The molecule has 1 amide bonds. The quantitative estimate of drug-likeness (QED) is 0.802. The Hall–Kier alpha value is -1.65. The van der Waals surface area contributed by atoms with Gasteiger partial charge in [0.1, 0.15) is 0 Å². The minimum absolute atomic E-state index is 0.0905. The number of amides is 1. The summed E-state index contributed by atoms with van der Waals surface area (Å²) in [6, 6.07) is 16.4. The van der Waals surface area contributed by atoms with Gasteiger partial charge in [0.25, 0.3) is 0 Å². The van der Waals surface area contributed by atoms with Crippen molar-refractivity contribution >= 4 is 27.5 Å². The molecule has 2 unspecified atom stereocenters. The maximum atomic E-state index is 12.4. The van der Waals surface area contributed by atoms with Crippen molar-refractivity contribution in [3.05, 3.63) is 64.1 Å². The number of halogens is 1. The van der Waals surface area contributed by atoms with Gasteiger partial charge >= 0.3 is 0 Å². The van der Waals surface area contributed by atoms with Crippen LogP contribution in [0.2, 0.25) is 0 Å². The molecule has 126 valence electrons. The van der Waals surface area contributed by atoms with E-state index in [0.717, 1.165) is 29.5 Å². The second-order valence-electron chi connectivity index (χ2n) is 6.74. The first-order valence-electron chi connectivity index (χ1n) is 8.33. The van der Waals surface area contributed by atoms with E-state index >= 15 is 0 Å². The van der Waals surface area contributed by atoms with E-state index in [1.165, 1.54) is 11.1 Å². The van der Waals surface area contributed by atoms with Crippen LogP contribution in [0.4, 0.5) is 5.69 Å². The van der Waals surface area contributed by atoms with Crippen LogP contribution in [0.15, 0.2) is 53.0 Å². The standard InChI is InChI=1S/C20H23BrN2O/c1-23(2)11-10-14-6-8-17(9-7-14)22-20(24)19-13-18(19)15-4-3-5-16(21)12-15/h3-9,12,18-19H,10-11,13H2,1-2H3,(H,22,24). The summed E-state index contributed by atoms with van der Waals surface area (Å²) in [5, 5.41) is 3.05. The molecule has 2 aromatic rings. The van der Waals surface area contributed by atoms with E-state index in [1.807, 2.05) is 24.3 Å². The lowest BCUT2D eigenvalue weighted by Gasteiger charge is -2.10. The van der Waals surface area contributed by atoms with E-state index in [1.54, 1.807) is 0 Å². The van der Waals surface area contributed by atoms with Crippen molar-refractivity contribution in [2.24, 2.45) is 5.92 Å². The molecular weight excluding hydrogens is 364 g/mol. The van der Waals surface area contributed by atoms with Gasteiger partial charge in [0.2, 0.25) is 5.91 Å². The van der Waals surface area contributed by atoms with Crippen LogP contribution in [0.25, 0.3) is 0 Å². The third-order valence-electron chi connectivity index (χ3n) is 4.47. The molecule has 0 bridgehead atoms. The molecule has 0 spiro atoms. The lowest BCUT2D eigenvalue weighted by Crippen LogP contribution is -2.15. The van der Waals surface area contributed by atoms with Crippen LogP contribution in [0.3, 0.4) is 0 Å². The van der Waals surface area contributed by atoms with E-state index < -0.39 is 0 Å². The summed E-state index contributed by atoms with van der Waals surface area (Å²) in [5.74, 6) is 0.565. The number of benzene rings is 2. The Morgan fingerprint density at radius 1 is 1.21 bits per heavy atom. The van der Waals surface area contributed by atoms with Gasteiger partial charge in [-0.1, -0.05) is 40.2 Å². The summed E-state index contributed by atoms with van der Waals surface area (Å²) in [5.41, 5.74) is 3.41. The molecule has 3 nitrogen and oxygen atoms in total. The average Bonchev–Trinajstić information content (AvgIpc) is 3.35. The molecule has 2 atom stereocenters. The van der Waals surface area contributed by atoms with Crippen LogP contribution in [0.5, 0.6) is 0 Å². The van der Waals surface area contributed by atoms with Crippen molar-refractivity contribution in [1.82, 2.24) is 4.90 Å². The number of hydrogen-bond donors (Lipinski definition) is 1. The molecule has 0 heterocycles. The van der Waals surface area contributed by atoms with Crippen molar-refractivity contribution in [2.45, 2.75) is 18.8 Å². The van der Waals surface area contributed by atoms with Gasteiger partial charge < -0.3 is 10.2 Å². The van der Waals surface area contributed by atoms with E-state index in [2.05, 4.69) is 64.5 Å². The number of nitrogens with zero attached hydrogens (tertiary/aromatic N) is 1. The molecule has 1 saturated carbocycles. The van der Waals surface area contributed by atoms with Gasteiger partial charge in [-0.3, -0.25) is 4.79 Å². The number of rotatable bonds is 6. The topological polar surface area (TPSA) is 32.3 Å². The molecule has 3 rings (SSSR count). The number of carbonyl (C=O) groups excluding carboxylic acids is 1. The second kappa shape index (κ2) is 7.49. The molecule has 4 heteroatoms. The molecule has 2 aromatic carbocycles. The molecule has 1 N–H and O–H groups in total. The van der Waals surface area contributed by atoms with Crippen molar-refractivity contribution in [2.75, 3.05) is 26.0 Å². The first-order chi connectivity index (χ1) is 11.5. The van der Waals surface area contributed by atoms with Gasteiger partial charge in [0.15, 0.2) is 0 Å². The predicted molar refractivity (Wildman–Crippen MR) is 102 cm³/mol. The third kappa shape index (κ3) is 4.46. The Kier molecular flexibility index (Phi) is 5.36. The Bertz CT molecular complexity index is 712. The minimum Gasteiger partial charge on any atom is -0.326 e. The smallest absolute Gasteiger partial charge is 0.228 e. The number of likely N-dealkylation sites (N-methyl/N-ethyl adjacent to an activating group) is 1. The van der Waals surface area contributed by atoms with Crippen LogP contribution in [0.1, 0.15) is 23.5 Å². The molecule has 1 aliphatic carbocycles. The Labute approximate surface area is 152 Å². The molecule has 1 fully saturated rings. The van der Waals surface area contributed by atoms with E-state index in [-0.39, 0.29) is 11.8 Å². The van der Waals surface area contributed by atoms with E-state index in [9.17, 15) is 4.79 Å². The molecule has 1 aliphatic rings. The van der Waals surface area contributed by atoms with Gasteiger partial charge in [-0.05, 0) is 68.2 Å².